The minimum atomic E-state index is -0.329. The molecule has 0 radical (unpaired) electrons. The van der Waals surface area contributed by atoms with Crippen LogP contribution in [0, 0.1) is 5.82 Å². The number of hydrogen-bond acceptors (Lipinski definition) is 4. The van der Waals surface area contributed by atoms with Crippen molar-refractivity contribution >= 4 is 28.4 Å². The van der Waals surface area contributed by atoms with Crippen molar-refractivity contribution in [3.05, 3.63) is 101 Å². The number of nitrogens with zero attached hydrogens (tertiary/aromatic N) is 3. The van der Waals surface area contributed by atoms with E-state index in [0.717, 1.165) is 16.5 Å². The number of benzene rings is 2. The maximum absolute atomic E-state index is 13.3. The van der Waals surface area contributed by atoms with Crippen molar-refractivity contribution in [1.29, 1.82) is 0 Å². The number of carbonyl (C=O) groups excluding carboxylic acids is 1. The van der Waals surface area contributed by atoms with Gasteiger partial charge in [-0.1, -0.05) is 23.7 Å². The Morgan fingerprint density at radius 1 is 1.10 bits per heavy atom. The molecular weight excluding hydrogens is 417 g/mol. The fraction of sp³-hybridized carbons (Fsp3) is 0.125. The molecule has 0 fully saturated rings. The molecule has 0 bridgehead atoms. The van der Waals surface area contributed by atoms with Crippen LogP contribution in [0.1, 0.15) is 21.5 Å². The number of hydrogen-bond donors (Lipinski definition) is 0. The van der Waals surface area contributed by atoms with Gasteiger partial charge in [-0.05, 0) is 54.1 Å². The molecular formula is C24H19ClFN3O2. The monoisotopic (exact) mass is 435 g/mol. The summed E-state index contributed by atoms with van der Waals surface area (Å²) in [7, 11) is 1.60. The Hall–Kier alpha value is -3.51. The average molecular weight is 436 g/mol. The summed E-state index contributed by atoms with van der Waals surface area (Å²) in [6, 6.07) is 16.9. The molecule has 4 rings (SSSR count). The number of amides is 1. The minimum absolute atomic E-state index is 0.209. The molecule has 2 heterocycles. The highest BCUT2D eigenvalue weighted by Gasteiger charge is 2.19. The molecule has 7 heteroatoms. The molecule has 31 heavy (non-hydrogen) atoms. The summed E-state index contributed by atoms with van der Waals surface area (Å²) >= 11 is 6.45. The molecule has 0 atom stereocenters. The Labute approximate surface area is 184 Å². The number of fused-ring (bicyclic) bond motifs is 1. The van der Waals surface area contributed by atoms with Crippen LogP contribution in [0.15, 0.2) is 73.1 Å². The zero-order chi connectivity index (χ0) is 21.8. The smallest absolute Gasteiger partial charge is 0.256 e. The van der Waals surface area contributed by atoms with E-state index in [0.29, 0.717) is 22.0 Å². The van der Waals surface area contributed by atoms with Gasteiger partial charge in [-0.15, -0.1) is 0 Å². The van der Waals surface area contributed by atoms with Gasteiger partial charge in [0.15, 0.2) is 0 Å². The quantitative estimate of drug-likeness (QED) is 0.387. The number of pyridine rings is 2. The molecule has 156 valence electrons. The van der Waals surface area contributed by atoms with Crippen LogP contribution in [-0.4, -0.2) is 27.9 Å². The number of ether oxygens (including phenoxy) is 1. The third-order valence-electron chi connectivity index (χ3n) is 4.89. The lowest BCUT2D eigenvalue weighted by Crippen LogP contribution is -2.30. The van der Waals surface area contributed by atoms with Gasteiger partial charge in [0.1, 0.15) is 16.7 Å². The van der Waals surface area contributed by atoms with Crippen LogP contribution < -0.4 is 4.74 Å². The van der Waals surface area contributed by atoms with Crippen molar-refractivity contribution < 1.29 is 13.9 Å². The Balaban J connectivity index is 1.70. The van der Waals surface area contributed by atoms with E-state index in [1.54, 1.807) is 42.5 Å². The predicted molar refractivity (Wildman–Crippen MR) is 118 cm³/mol. The second-order valence-electron chi connectivity index (χ2n) is 7.03. The van der Waals surface area contributed by atoms with Crippen LogP contribution in [0.4, 0.5) is 4.39 Å². The van der Waals surface area contributed by atoms with E-state index < -0.39 is 0 Å². The first kappa shape index (κ1) is 20.8. The second-order valence-corrected chi connectivity index (χ2v) is 7.38. The van der Waals surface area contributed by atoms with Gasteiger partial charge in [0.25, 0.3) is 5.91 Å². The SMILES string of the molecule is COc1ccc2nc(Cl)c(CN(Cc3ccc(F)cc3)C(=O)c3cccnc3)cc2c1. The van der Waals surface area contributed by atoms with E-state index in [9.17, 15) is 9.18 Å². The molecule has 0 aliphatic carbocycles. The summed E-state index contributed by atoms with van der Waals surface area (Å²) in [6.07, 6.45) is 3.13. The first-order valence-corrected chi connectivity index (χ1v) is 9.98. The number of aromatic nitrogens is 2. The Bertz CT molecular complexity index is 1220. The predicted octanol–water partition coefficient (Wildman–Crippen LogP) is 5.27. The molecule has 2 aromatic carbocycles. The molecule has 0 unspecified atom stereocenters. The van der Waals surface area contributed by atoms with Gasteiger partial charge in [0, 0.05) is 36.4 Å². The zero-order valence-corrected chi connectivity index (χ0v) is 17.5. The fourth-order valence-electron chi connectivity index (χ4n) is 3.30. The van der Waals surface area contributed by atoms with Crippen molar-refractivity contribution in [3.63, 3.8) is 0 Å². The Morgan fingerprint density at radius 2 is 1.90 bits per heavy atom. The van der Waals surface area contributed by atoms with Gasteiger partial charge < -0.3 is 9.64 Å². The fourth-order valence-corrected chi connectivity index (χ4v) is 3.51. The van der Waals surface area contributed by atoms with Gasteiger partial charge in [-0.25, -0.2) is 9.37 Å². The number of carbonyl (C=O) groups is 1. The highest BCUT2D eigenvalue weighted by Crippen LogP contribution is 2.26. The van der Waals surface area contributed by atoms with E-state index in [1.165, 1.54) is 18.3 Å². The molecule has 0 aliphatic heterocycles. The summed E-state index contributed by atoms with van der Waals surface area (Å²) < 4.78 is 18.6. The van der Waals surface area contributed by atoms with E-state index in [-0.39, 0.29) is 24.8 Å². The second kappa shape index (κ2) is 9.10. The molecule has 0 saturated carbocycles. The van der Waals surface area contributed by atoms with Crippen LogP contribution in [0.2, 0.25) is 5.15 Å². The topological polar surface area (TPSA) is 55.3 Å². The summed E-state index contributed by atoms with van der Waals surface area (Å²) in [6.45, 7) is 0.505. The standard InChI is InChI=1S/C24H19ClFN3O2/c1-31-21-8-9-22-18(12-21)11-19(23(25)28-22)15-29(14-16-4-6-20(26)7-5-16)24(30)17-3-2-10-27-13-17/h2-13H,14-15H2,1H3. The first-order chi connectivity index (χ1) is 15.0. The molecule has 5 nitrogen and oxygen atoms in total. The normalized spacial score (nSPS) is 10.8. The lowest BCUT2D eigenvalue weighted by molar-refractivity contribution is 0.0729. The van der Waals surface area contributed by atoms with Gasteiger partial charge in [0.2, 0.25) is 0 Å². The third kappa shape index (κ3) is 4.81. The van der Waals surface area contributed by atoms with E-state index in [1.807, 2.05) is 24.3 Å². The van der Waals surface area contributed by atoms with Crippen LogP contribution in [-0.2, 0) is 13.1 Å². The van der Waals surface area contributed by atoms with Crippen LogP contribution in [0.5, 0.6) is 5.75 Å². The zero-order valence-electron chi connectivity index (χ0n) is 16.8. The van der Waals surface area contributed by atoms with Gasteiger partial charge >= 0.3 is 0 Å². The Kier molecular flexibility index (Phi) is 6.09. The average Bonchev–Trinajstić information content (AvgIpc) is 2.80. The van der Waals surface area contributed by atoms with Gasteiger partial charge in [-0.3, -0.25) is 9.78 Å². The van der Waals surface area contributed by atoms with Crippen molar-refractivity contribution in [1.82, 2.24) is 14.9 Å². The summed E-state index contributed by atoms with van der Waals surface area (Å²) in [5.41, 5.74) is 2.68. The van der Waals surface area contributed by atoms with E-state index in [4.69, 9.17) is 16.3 Å². The maximum Gasteiger partial charge on any atom is 0.256 e. The minimum Gasteiger partial charge on any atom is -0.497 e. The van der Waals surface area contributed by atoms with Crippen molar-refractivity contribution in [2.45, 2.75) is 13.1 Å². The van der Waals surface area contributed by atoms with Crippen molar-refractivity contribution in [2.75, 3.05) is 7.11 Å². The summed E-state index contributed by atoms with van der Waals surface area (Å²) in [5, 5.41) is 1.18. The largest absolute Gasteiger partial charge is 0.497 e. The van der Waals surface area contributed by atoms with Crippen molar-refractivity contribution in [2.24, 2.45) is 0 Å². The maximum atomic E-state index is 13.3. The molecule has 0 spiro atoms. The lowest BCUT2D eigenvalue weighted by Gasteiger charge is -2.23. The van der Waals surface area contributed by atoms with Crippen molar-refractivity contribution in [3.8, 4) is 5.75 Å². The molecule has 0 N–H and O–H groups in total. The van der Waals surface area contributed by atoms with Gasteiger partial charge in [-0.2, -0.15) is 0 Å². The van der Waals surface area contributed by atoms with Gasteiger partial charge in [0.05, 0.1) is 18.2 Å². The molecule has 2 aromatic heterocycles. The molecule has 0 saturated heterocycles. The van der Waals surface area contributed by atoms with E-state index >= 15 is 0 Å². The molecule has 4 aromatic rings. The summed E-state index contributed by atoms with van der Waals surface area (Å²) in [4.78, 5) is 23.4. The summed E-state index contributed by atoms with van der Waals surface area (Å²) in [5.74, 6) is 0.168. The number of methoxy groups -OCH3 is 1. The Morgan fingerprint density at radius 3 is 2.61 bits per heavy atom. The van der Waals surface area contributed by atoms with Crippen LogP contribution in [0.3, 0.4) is 0 Å². The highest BCUT2D eigenvalue weighted by molar-refractivity contribution is 6.30. The van der Waals surface area contributed by atoms with Crippen LogP contribution in [0.25, 0.3) is 10.9 Å². The van der Waals surface area contributed by atoms with E-state index in [2.05, 4.69) is 9.97 Å². The van der Waals surface area contributed by atoms with Crippen LogP contribution >= 0.6 is 11.6 Å². The number of rotatable bonds is 6. The first-order valence-electron chi connectivity index (χ1n) is 9.60. The third-order valence-corrected chi connectivity index (χ3v) is 5.22. The lowest BCUT2D eigenvalue weighted by atomic mass is 10.1. The highest BCUT2D eigenvalue weighted by atomic mass is 35.5. The molecule has 1 amide bonds. The number of halogens is 2. The molecule has 0 aliphatic rings.